The number of hydrogen-bond donors (Lipinski definition) is 0. The number of imide groups is 1. The molecule has 1 fully saturated rings. The fourth-order valence-electron chi connectivity index (χ4n) is 5.49. The third-order valence-electron chi connectivity index (χ3n) is 7.58. The number of ether oxygens (including phenoxy) is 4. The molecule has 0 radical (unpaired) electrons. The summed E-state index contributed by atoms with van der Waals surface area (Å²) >= 11 is 0. The molecule has 0 spiro atoms. The van der Waals surface area contributed by atoms with E-state index in [9.17, 15) is 9.59 Å². The summed E-state index contributed by atoms with van der Waals surface area (Å²) in [5.74, 6) is -0.741. The van der Waals surface area contributed by atoms with Gasteiger partial charge in [0.1, 0.15) is 6.04 Å². The predicted molar refractivity (Wildman–Crippen MR) is 156 cm³/mol. The normalized spacial score (nSPS) is 21.9. The van der Waals surface area contributed by atoms with E-state index in [1.165, 1.54) is 4.90 Å². The SMILES string of the molecule is O=C1c2ccccc2C(=O)N1C1[C@H](OCc2ccccc2)OC(COCc2ccccc2)C[C@@H]1OCc1ccccc1. The van der Waals surface area contributed by atoms with Crippen molar-refractivity contribution in [3.8, 4) is 0 Å². The first kappa shape index (κ1) is 28.0. The van der Waals surface area contributed by atoms with E-state index < -0.39 is 18.4 Å². The number of amides is 2. The van der Waals surface area contributed by atoms with Crippen molar-refractivity contribution in [2.75, 3.05) is 6.61 Å². The van der Waals surface area contributed by atoms with Gasteiger partial charge in [-0.3, -0.25) is 14.5 Å². The van der Waals surface area contributed by atoms with Crippen LogP contribution >= 0.6 is 0 Å². The number of carbonyl (C=O) groups is 2. The summed E-state index contributed by atoms with van der Waals surface area (Å²) in [5.41, 5.74) is 3.75. The molecular weight excluding hydrogens is 530 g/mol. The summed E-state index contributed by atoms with van der Waals surface area (Å²) in [5, 5.41) is 0. The molecule has 7 nitrogen and oxygen atoms in total. The van der Waals surface area contributed by atoms with E-state index in [2.05, 4.69) is 0 Å². The van der Waals surface area contributed by atoms with Crippen LogP contribution < -0.4 is 0 Å². The molecule has 4 atom stereocenters. The molecule has 2 amide bonds. The molecule has 2 aliphatic heterocycles. The maximum Gasteiger partial charge on any atom is 0.262 e. The van der Waals surface area contributed by atoms with Crippen LogP contribution in [0.2, 0.25) is 0 Å². The van der Waals surface area contributed by atoms with Crippen LogP contribution in [0.25, 0.3) is 0 Å². The van der Waals surface area contributed by atoms with Crippen molar-refractivity contribution in [3.05, 3.63) is 143 Å². The number of hydrogen-bond acceptors (Lipinski definition) is 6. The van der Waals surface area contributed by atoms with Crippen molar-refractivity contribution < 1.29 is 28.5 Å². The van der Waals surface area contributed by atoms with Crippen LogP contribution in [0.3, 0.4) is 0 Å². The molecule has 0 aromatic heterocycles. The van der Waals surface area contributed by atoms with Gasteiger partial charge in [0.25, 0.3) is 11.8 Å². The van der Waals surface area contributed by atoms with E-state index in [1.807, 2.05) is 91.0 Å². The van der Waals surface area contributed by atoms with E-state index in [1.54, 1.807) is 24.3 Å². The smallest absolute Gasteiger partial charge is 0.262 e. The quantitative estimate of drug-likeness (QED) is 0.215. The van der Waals surface area contributed by atoms with Gasteiger partial charge < -0.3 is 18.9 Å². The number of fused-ring (bicyclic) bond motifs is 1. The molecule has 0 bridgehead atoms. The van der Waals surface area contributed by atoms with Gasteiger partial charge in [-0.05, 0) is 28.8 Å². The summed E-state index contributed by atoms with van der Waals surface area (Å²) in [6.07, 6.45) is -1.42. The highest BCUT2D eigenvalue weighted by Crippen LogP contribution is 2.34. The summed E-state index contributed by atoms with van der Waals surface area (Å²) < 4.78 is 25.4. The van der Waals surface area contributed by atoms with Crippen LogP contribution in [0.1, 0.15) is 43.8 Å². The molecule has 4 aromatic carbocycles. The average molecular weight is 564 g/mol. The number of rotatable bonds is 11. The Morgan fingerprint density at radius 1 is 0.619 bits per heavy atom. The highest BCUT2D eigenvalue weighted by Gasteiger charge is 2.51. The van der Waals surface area contributed by atoms with Gasteiger partial charge in [-0.1, -0.05) is 103 Å². The largest absolute Gasteiger partial charge is 0.374 e. The Morgan fingerprint density at radius 3 is 1.64 bits per heavy atom. The van der Waals surface area contributed by atoms with Crippen molar-refractivity contribution in [1.29, 1.82) is 0 Å². The Labute approximate surface area is 245 Å². The Balaban J connectivity index is 1.27. The zero-order valence-electron chi connectivity index (χ0n) is 23.2. The molecule has 42 heavy (non-hydrogen) atoms. The van der Waals surface area contributed by atoms with Crippen LogP contribution in [0.5, 0.6) is 0 Å². The van der Waals surface area contributed by atoms with Crippen LogP contribution in [0, 0.1) is 0 Å². The number of benzene rings is 4. The molecule has 7 heteroatoms. The van der Waals surface area contributed by atoms with E-state index >= 15 is 0 Å². The second-order valence-corrected chi connectivity index (χ2v) is 10.5. The second-order valence-electron chi connectivity index (χ2n) is 10.5. The monoisotopic (exact) mass is 563 g/mol. The van der Waals surface area contributed by atoms with Gasteiger partial charge in [0.2, 0.25) is 0 Å². The van der Waals surface area contributed by atoms with E-state index in [4.69, 9.17) is 18.9 Å². The van der Waals surface area contributed by atoms with Crippen molar-refractivity contribution in [1.82, 2.24) is 4.90 Å². The molecule has 214 valence electrons. The summed E-state index contributed by atoms with van der Waals surface area (Å²) in [6, 6.07) is 35.6. The van der Waals surface area contributed by atoms with Crippen LogP contribution in [-0.4, -0.2) is 47.9 Å². The minimum atomic E-state index is -0.924. The van der Waals surface area contributed by atoms with E-state index in [-0.39, 0.29) is 24.5 Å². The van der Waals surface area contributed by atoms with Gasteiger partial charge in [0, 0.05) is 6.42 Å². The zero-order chi connectivity index (χ0) is 28.7. The highest BCUT2D eigenvalue weighted by molar-refractivity contribution is 6.21. The maximum atomic E-state index is 13.7. The van der Waals surface area contributed by atoms with Crippen molar-refractivity contribution >= 4 is 11.8 Å². The molecule has 0 aliphatic carbocycles. The third-order valence-corrected chi connectivity index (χ3v) is 7.58. The van der Waals surface area contributed by atoms with Gasteiger partial charge in [0.05, 0.1) is 49.8 Å². The standard InChI is InChI=1S/C35H33NO6/c37-33-29-18-10-11-19-30(29)34(38)36(33)32-31(40-22-26-14-6-2-7-15-26)20-28(24-39-21-25-12-4-1-5-13-25)42-35(32)41-23-27-16-8-3-9-17-27/h1-19,28,31-32,35H,20-24H2/t28?,31-,32?,35+/m0/s1. The second kappa shape index (κ2) is 13.2. The lowest BCUT2D eigenvalue weighted by Crippen LogP contribution is -2.60. The van der Waals surface area contributed by atoms with Crippen molar-refractivity contribution in [2.45, 2.75) is 50.8 Å². The summed E-state index contributed by atoms with van der Waals surface area (Å²) in [7, 11) is 0. The zero-order valence-corrected chi connectivity index (χ0v) is 23.2. The molecule has 4 aromatic rings. The minimum absolute atomic E-state index is 0.244. The first-order chi connectivity index (χ1) is 20.7. The van der Waals surface area contributed by atoms with E-state index in [0.29, 0.717) is 37.4 Å². The molecular formula is C35H33NO6. The molecule has 2 heterocycles. The van der Waals surface area contributed by atoms with Crippen molar-refractivity contribution in [2.24, 2.45) is 0 Å². The fraction of sp³-hybridized carbons (Fsp3) is 0.257. The first-order valence-corrected chi connectivity index (χ1v) is 14.2. The first-order valence-electron chi connectivity index (χ1n) is 14.2. The molecule has 6 rings (SSSR count). The minimum Gasteiger partial charge on any atom is -0.374 e. The van der Waals surface area contributed by atoms with Gasteiger partial charge >= 0.3 is 0 Å². The molecule has 0 saturated carbocycles. The summed E-state index contributed by atoms with van der Waals surface area (Å²) in [4.78, 5) is 28.6. The summed E-state index contributed by atoms with van der Waals surface area (Å²) in [6.45, 7) is 1.30. The van der Waals surface area contributed by atoms with Gasteiger partial charge in [-0.2, -0.15) is 0 Å². The van der Waals surface area contributed by atoms with Crippen LogP contribution in [-0.2, 0) is 38.8 Å². The number of carbonyl (C=O) groups excluding carboxylic acids is 2. The topological polar surface area (TPSA) is 74.3 Å². The lowest BCUT2D eigenvalue weighted by molar-refractivity contribution is -0.261. The average Bonchev–Trinajstić information content (AvgIpc) is 3.29. The fourth-order valence-corrected chi connectivity index (χ4v) is 5.49. The Kier molecular flexibility index (Phi) is 8.82. The predicted octanol–water partition coefficient (Wildman–Crippen LogP) is 5.79. The lowest BCUT2D eigenvalue weighted by atomic mass is 9.98. The van der Waals surface area contributed by atoms with Crippen LogP contribution in [0.15, 0.2) is 115 Å². The third kappa shape index (κ3) is 6.35. The van der Waals surface area contributed by atoms with Crippen molar-refractivity contribution in [3.63, 3.8) is 0 Å². The lowest BCUT2D eigenvalue weighted by Gasteiger charge is -2.44. The van der Waals surface area contributed by atoms with Gasteiger partial charge in [-0.25, -0.2) is 0 Å². The number of nitrogens with zero attached hydrogens (tertiary/aromatic N) is 1. The van der Waals surface area contributed by atoms with Gasteiger partial charge in [0.15, 0.2) is 6.29 Å². The maximum absolute atomic E-state index is 13.7. The Morgan fingerprint density at radius 2 is 1.10 bits per heavy atom. The van der Waals surface area contributed by atoms with Crippen LogP contribution in [0.4, 0.5) is 0 Å². The van der Waals surface area contributed by atoms with Gasteiger partial charge in [-0.15, -0.1) is 0 Å². The van der Waals surface area contributed by atoms with E-state index in [0.717, 1.165) is 16.7 Å². The molecule has 1 saturated heterocycles. The Bertz CT molecular complexity index is 1390. The highest BCUT2D eigenvalue weighted by atomic mass is 16.7. The molecule has 2 aliphatic rings. The molecule has 2 unspecified atom stereocenters. The Hall–Kier alpha value is -4.14. The molecule has 0 N–H and O–H groups in total.